The third kappa shape index (κ3) is 3.68. The van der Waals surface area contributed by atoms with E-state index in [4.69, 9.17) is 4.74 Å². The van der Waals surface area contributed by atoms with Crippen molar-refractivity contribution >= 4 is 23.8 Å². The number of nitrogens with zero attached hydrogens (tertiary/aromatic N) is 1. The molecule has 0 unspecified atom stereocenters. The minimum absolute atomic E-state index is 0.0311. The standard InChI is InChI=1S/C16H25N3O5/c1-3-8-17-12(20)10-24-13(21)9-19-14(22)16(18-15(19)23)7-5-4-6-11(16)2/h11H,3-10H2,1-2H3,(H,17,20)(H,18,23)/t11-,16+/m0/s1. The van der Waals surface area contributed by atoms with E-state index in [-0.39, 0.29) is 11.8 Å². The minimum Gasteiger partial charge on any atom is -0.454 e. The van der Waals surface area contributed by atoms with Crippen LogP contribution in [0.5, 0.6) is 0 Å². The fraction of sp³-hybridized carbons (Fsp3) is 0.750. The quantitative estimate of drug-likeness (QED) is 0.543. The molecule has 0 bridgehead atoms. The molecule has 0 aromatic carbocycles. The lowest BCUT2D eigenvalue weighted by Gasteiger charge is -2.36. The molecule has 0 aromatic rings. The summed E-state index contributed by atoms with van der Waals surface area (Å²) in [5, 5.41) is 5.34. The van der Waals surface area contributed by atoms with Crippen molar-refractivity contribution in [2.24, 2.45) is 5.92 Å². The molecular weight excluding hydrogens is 314 g/mol. The van der Waals surface area contributed by atoms with Crippen LogP contribution in [0.3, 0.4) is 0 Å². The largest absolute Gasteiger partial charge is 0.454 e. The molecule has 2 rings (SSSR count). The molecule has 0 radical (unpaired) electrons. The van der Waals surface area contributed by atoms with Crippen LogP contribution in [0.2, 0.25) is 0 Å². The first-order valence-corrected chi connectivity index (χ1v) is 8.47. The maximum absolute atomic E-state index is 12.7. The zero-order valence-electron chi connectivity index (χ0n) is 14.2. The summed E-state index contributed by atoms with van der Waals surface area (Å²) in [5.41, 5.74) is -0.895. The van der Waals surface area contributed by atoms with Gasteiger partial charge in [-0.1, -0.05) is 26.7 Å². The zero-order valence-corrected chi connectivity index (χ0v) is 14.2. The molecule has 2 fully saturated rings. The highest BCUT2D eigenvalue weighted by Crippen LogP contribution is 2.38. The molecule has 1 aliphatic heterocycles. The smallest absolute Gasteiger partial charge is 0.326 e. The Morgan fingerprint density at radius 1 is 1.38 bits per heavy atom. The van der Waals surface area contributed by atoms with Gasteiger partial charge in [-0.2, -0.15) is 0 Å². The highest BCUT2D eigenvalue weighted by Gasteiger charge is 2.55. The number of carbonyl (C=O) groups excluding carboxylic acids is 4. The van der Waals surface area contributed by atoms with Gasteiger partial charge >= 0.3 is 12.0 Å². The van der Waals surface area contributed by atoms with Crippen LogP contribution in [0.1, 0.15) is 46.0 Å². The van der Waals surface area contributed by atoms with Gasteiger partial charge in [-0.3, -0.25) is 19.3 Å². The first kappa shape index (κ1) is 18.2. The number of esters is 1. The third-order valence-electron chi connectivity index (χ3n) is 4.73. The van der Waals surface area contributed by atoms with Crippen LogP contribution < -0.4 is 10.6 Å². The summed E-state index contributed by atoms with van der Waals surface area (Å²) >= 11 is 0. The van der Waals surface area contributed by atoms with Crippen LogP contribution in [-0.2, 0) is 19.1 Å². The van der Waals surface area contributed by atoms with Crippen LogP contribution in [0.4, 0.5) is 4.79 Å². The molecule has 8 nitrogen and oxygen atoms in total. The molecule has 1 saturated heterocycles. The first-order valence-electron chi connectivity index (χ1n) is 8.47. The number of amides is 4. The number of rotatable bonds is 6. The van der Waals surface area contributed by atoms with Crippen molar-refractivity contribution in [3.8, 4) is 0 Å². The van der Waals surface area contributed by atoms with E-state index in [1.807, 2.05) is 13.8 Å². The van der Waals surface area contributed by atoms with Gasteiger partial charge in [-0.15, -0.1) is 0 Å². The molecule has 1 saturated carbocycles. The number of nitrogens with one attached hydrogen (secondary N) is 2. The lowest BCUT2D eigenvalue weighted by molar-refractivity contribution is -0.151. The van der Waals surface area contributed by atoms with Crippen molar-refractivity contribution in [2.75, 3.05) is 19.7 Å². The van der Waals surface area contributed by atoms with Crippen LogP contribution in [0.25, 0.3) is 0 Å². The number of urea groups is 1. The predicted molar refractivity (Wildman–Crippen MR) is 84.9 cm³/mol. The van der Waals surface area contributed by atoms with Crippen LogP contribution in [-0.4, -0.2) is 54.0 Å². The lowest BCUT2D eigenvalue weighted by atomic mass is 9.73. The Balaban J connectivity index is 1.90. The summed E-state index contributed by atoms with van der Waals surface area (Å²) in [5.74, 6) is -1.51. The summed E-state index contributed by atoms with van der Waals surface area (Å²) in [7, 11) is 0. The Morgan fingerprint density at radius 3 is 2.79 bits per heavy atom. The Hall–Kier alpha value is -2.12. The van der Waals surface area contributed by atoms with E-state index < -0.39 is 36.6 Å². The van der Waals surface area contributed by atoms with Gasteiger partial charge in [0.15, 0.2) is 6.61 Å². The predicted octanol–water partition coefficient (Wildman–Crippen LogP) is 0.557. The second-order valence-electron chi connectivity index (χ2n) is 6.45. The summed E-state index contributed by atoms with van der Waals surface area (Å²) in [6.07, 6.45) is 4.13. The van der Waals surface area contributed by atoms with Crippen molar-refractivity contribution in [3.63, 3.8) is 0 Å². The van der Waals surface area contributed by atoms with Crippen molar-refractivity contribution in [3.05, 3.63) is 0 Å². The second-order valence-corrected chi connectivity index (χ2v) is 6.45. The SMILES string of the molecule is CCCNC(=O)COC(=O)CN1C(=O)N[C@@]2(CCCC[C@@H]2C)C1=O. The Bertz CT molecular complexity index is 536. The second kappa shape index (κ2) is 7.63. The van der Waals surface area contributed by atoms with Gasteiger partial charge < -0.3 is 15.4 Å². The van der Waals surface area contributed by atoms with Crippen molar-refractivity contribution in [1.29, 1.82) is 0 Å². The third-order valence-corrected chi connectivity index (χ3v) is 4.73. The molecule has 2 atom stereocenters. The Labute approximate surface area is 141 Å². The molecule has 0 aromatic heterocycles. The number of hydrogen-bond acceptors (Lipinski definition) is 5. The maximum atomic E-state index is 12.7. The number of carbonyl (C=O) groups is 4. The van der Waals surface area contributed by atoms with E-state index in [9.17, 15) is 19.2 Å². The molecule has 134 valence electrons. The zero-order chi connectivity index (χ0) is 17.7. The van der Waals surface area contributed by atoms with E-state index in [0.29, 0.717) is 13.0 Å². The van der Waals surface area contributed by atoms with E-state index in [1.165, 1.54) is 0 Å². The Morgan fingerprint density at radius 2 is 2.12 bits per heavy atom. The minimum atomic E-state index is -0.895. The van der Waals surface area contributed by atoms with Gasteiger partial charge in [0.25, 0.3) is 11.8 Å². The molecule has 2 N–H and O–H groups in total. The molecule has 2 aliphatic rings. The molecular formula is C16H25N3O5. The van der Waals surface area contributed by atoms with Gasteiger partial charge in [0.05, 0.1) is 0 Å². The van der Waals surface area contributed by atoms with Gasteiger partial charge in [0, 0.05) is 6.54 Å². The molecule has 8 heteroatoms. The van der Waals surface area contributed by atoms with Crippen molar-refractivity contribution in [1.82, 2.24) is 15.5 Å². The van der Waals surface area contributed by atoms with Crippen molar-refractivity contribution in [2.45, 2.75) is 51.5 Å². The number of hydrogen-bond donors (Lipinski definition) is 2. The van der Waals surface area contributed by atoms with Gasteiger partial charge in [-0.25, -0.2) is 4.79 Å². The average molecular weight is 339 g/mol. The van der Waals surface area contributed by atoms with Gasteiger partial charge in [0.2, 0.25) is 0 Å². The van der Waals surface area contributed by atoms with E-state index in [2.05, 4.69) is 10.6 Å². The van der Waals surface area contributed by atoms with E-state index >= 15 is 0 Å². The highest BCUT2D eigenvalue weighted by molar-refractivity contribution is 6.09. The lowest BCUT2D eigenvalue weighted by Crippen LogP contribution is -2.54. The maximum Gasteiger partial charge on any atom is 0.326 e. The molecule has 4 amide bonds. The Kier molecular flexibility index (Phi) is 5.80. The van der Waals surface area contributed by atoms with Crippen LogP contribution >= 0.6 is 0 Å². The molecule has 1 heterocycles. The van der Waals surface area contributed by atoms with Gasteiger partial charge in [-0.05, 0) is 25.2 Å². The summed E-state index contributed by atoms with van der Waals surface area (Å²) < 4.78 is 4.84. The van der Waals surface area contributed by atoms with Crippen LogP contribution in [0.15, 0.2) is 0 Å². The molecule has 24 heavy (non-hydrogen) atoms. The topological polar surface area (TPSA) is 105 Å². The number of ether oxygens (including phenoxy) is 1. The average Bonchev–Trinajstić information content (AvgIpc) is 2.79. The summed E-state index contributed by atoms with van der Waals surface area (Å²) in [4.78, 5) is 49.0. The molecule has 1 aliphatic carbocycles. The normalized spacial score (nSPS) is 26.4. The monoisotopic (exact) mass is 339 g/mol. The first-order chi connectivity index (χ1) is 11.4. The van der Waals surface area contributed by atoms with Crippen LogP contribution in [0, 0.1) is 5.92 Å². The summed E-state index contributed by atoms with van der Waals surface area (Å²) in [6.45, 7) is 3.47. The number of imide groups is 1. The van der Waals surface area contributed by atoms with Gasteiger partial charge in [0.1, 0.15) is 12.1 Å². The summed E-state index contributed by atoms with van der Waals surface area (Å²) in [6, 6.07) is -0.568. The highest BCUT2D eigenvalue weighted by atomic mass is 16.5. The molecule has 1 spiro atoms. The fourth-order valence-electron chi connectivity index (χ4n) is 3.28. The van der Waals surface area contributed by atoms with E-state index in [1.54, 1.807) is 0 Å². The van der Waals surface area contributed by atoms with E-state index in [0.717, 1.165) is 30.6 Å². The van der Waals surface area contributed by atoms with Crippen molar-refractivity contribution < 1.29 is 23.9 Å². The fourth-order valence-corrected chi connectivity index (χ4v) is 3.28.